The SMILES string of the molecule is O=C(c1cccn1Cc1cccs1)N1CCCNCC1. The molecule has 1 amide bonds. The summed E-state index contributed by atoms with van der Waals surface area (Å²) in [6.45, 7) is 4.30. The van der Waals surface area contributed by atoms with Gasteiger partial charge in [0, 0.05) is 30.7 Å². The summed E-state index contributed by atoms with van der Waals surface area (Å²) < 4.78 is 2.05. The highest BCUT2D eigenvalue weighted by atomic mass is 32.1. The van der Waals surface area contributed by atoms with Crippen LogP contribution < -0.4 is 5.32 Å². The summed E-state index contributed by atoms with van der Waals surface area (Å²) in [6, 6.07) is 8.03. The van der Waals surface area contributed by atoms with Crippen molar-refractivity contribution in [2.24, 2.45) is 0 Å². The highest BCUT2D eigenvalue weighted by Crippen LogP contribution is 2.14. The van der Waals surface area contributed by atoms with Gasteiger partial charge in [-0.15, -0.1) is 11.3 Å². The van der Waals surface area contributed by atoms with Gasteiger partial charge in [-0.1, -0.05) is 6.07 Å². The van der Waals surface area contributed by atoms with E-state index >= 15 is 0 Å². The molecule has 106 valence electrons. The third kappa shape index (κ3) is 2.94. The molecule has 3 rings (SSSR count). The number of nitrogens with one attached hydrogen (secondary N) is 1. The highest BCUT2D eigenvalue weighted by molar-refractivity contribution is 7.09. The van der Waals surface area contributed by atoms with Crippen molar-refractivity contribution in [3.05, 3.63) is 46.4 Å². The number of hydrogen-bond donors (Lipinski definition) is 1. The van der Waals surface area contributed by atoms with Crippen molar-refractivity contribution < 1.29 is 4.79 Å². The summed E-state index contributed by atoms with van der Waals surface area (Å²) in [4.78, 5) is 15.9. The third-order valence-corrected chi connectivity index (χ3v) is 4.44. The Morgan fingerprint density at radius 1 is 1.25 bits per heavy atom. The van der Waals surface area contributed by atoms with Crippen LogP contribution in [0.2, 0.25) is 0 Å². The minimum atomic E-state index is 0.148. The van der Waals surface area contributed by atoms with Crippen LogP contribution in [0.4, 0.5) is 0 Å². The van der Waals surface area contributed by atoms with E-state index in [1.807, 2.05) is 33.9 Å². The largest absolute Gasteiger partial charge is 0.338 e. The lowest BCUT2D eigenvalue weighted by Gasteiger charge is -2.20. The molecule has 3 heterocycles. The number of nitrogens with zero attached hydrogens (tertiary/aromatic N) is 2. The van der Waals surface area contributed by atoms with Crippen molar-refractivity contribution in [1.29, 1.82) is 0 Å². The van der Waals surface area contributed by atoms with E-state index in [-0.39, 0.29) is 5.91 Å². The zero-order chi connectivity index (χ0) is 13.8. The van der Waals surface area contributed by atoms with Crippen molar-refractivity contribution >= 4 is 17.2 Å². The minimum absolute atomic E-state index is 0.148. The standard InChI is InChI=1S/C15H19N3OS/c19-15(17-9-3-6-16-7-10-17)14-5-1-8-18(14)12-13-4-2-11-20-13/h1-2,4-5,8,11,16H,3,6-7,9-10,12H2. The Morgan fingerprint density at radius 3 is 3.05 bits per heavy atom. The van der Waals surface area contributed by atoms with E-state index < -0.39 is 0 Å². The molecule has 4 nitrogen and oxygen atoms in total. The van der Waals surface area contributed by atoms with E-state index in [1.54, 1.807) is 11.3 Å². The second kappa shape index (κ2) is 6.24. The molecule has 1 fully saturated rings. The molecule has 2 aromatic heterocycles. The quantitative estimate of drug-likeness (QED) is 0.939. The molecule has 0 aromatic carbocycles. The molecule has 0 radical (unpaired) electrons. The first-order chi connectivity index (χ1) is 9.84. The Balaban J connectivity index is 1.76. The molecule has 0 aliphatic carbocycles. The second-order valence-corrected chi connectivity index (χ2v) is 6.03. The van der Waals surface area contributed by atoms with Gasteiger partial charge in [-0.2, -0.15) is 0 Å². The lowest BCUT2D eigenvalue weighted by atomic mass is 10.3. The summed E-state index contributed by atoms with van der Waals surface area (Å²) in [5.74, 6) is 0.148. The van der Waals surface area contributed by atoms with Crippen LogP contribution in [0.1, 0.15) is 21.8 Å². The highest BCUT2D eigenvalue weighted by Gasteiger charge is 2.19. The van der Waals surface area contributed by atoms with Crippen LogP contribution in [0.5, 0.6) is 0 Å². The molecule has 1 saturated heterocycles. The van der Waals surface area contributed by atoms with Gasteiger partial charge in [-0.25, -0.2) is 0 Å². The third-order valence-electron chi connectivity index (χ3n) is 3.58. The van der Waals surface area contributed by atoms with Crippen molar-refractivity contribution in [1.82, 2.24) is 14.8 Å². The van der Waals surface area contributed by atoms with E-state index in [1.165, 1.54) is 4.88 Å². The Hall–Kier alpha value is -1.59. The average molecular weight is 289 g/mol. The molecule has 2 aromatic rings. The van der Waals surface area contributed by atoms with Crippen LogP contribution >= 0.6 is 11.3 Å². The number of thiophene rings is 1. The maximum atomic E-state index is 12.6. The summed E-state index contributed by atoms with van der Waals surface area (Å²) in [7, 11) is 0. The van der Waals surface area contributed by atoms with E-state index in [9.17, 15) is 4.79 Å². The predicted molar refractivity (Wildman–Crippen MR) is 81.2 cm³/mol. The first-order valence-corrected chi connectivity index (χ1v) is 7.90. The van der Waals surface area contributed by atoms with E-state index in [2.05, 4.69) is 16.8 Å². The molecule has 20 heavy (non-hydrogen) atoms. The van der Waals surface area contributed by atoms with Crippen LogP contribution in [0, 0.1) is 0 Å². The Bertz CT molecular complexity index is 553. The fourth-order valence-electron chi connectivity index (χ4n) is 2.53. The maximum Gasteiger partial charge on any atom is 0.270 e. The van der Waals surface area contributed by atoms with Crippen molar-refractivity contribution in [3.8, 4) is 0 Å². The molecule has 0 unspecified atom stereocenters. The normalized spacial score (nSPS) is 16.1. The lowest BCUT2D eigenvalue weighted by Crippen LogP contribution is -2.35. The Morgan fingerprint density at radius 2 is 2.20 bits per heavy atom. The van der Waals surface area contributed by atoms with Gasteiger partial charge in [-0.05, 0) is 36.5 Å². The summed E-state index contributed by atoms with van der Waals surface area (Å²) in [5, 5.41) is 5.40. The van der Waals surface area contributed by atoms with Gasteiger partial charge in [-0.3, -0.25) is 4.79 Å². The molecule has 1 aliphatic rings. The first-order valence-electron chi connectivity index (χ1n) is 7.02. The molecule has 1 aliphatic heterocycles. The van der Waals surface area contributed by atoms with Crippen molar-refractivity contribution in [2.45, 2.75) is 13.0 Å². The van der Waals surface area contributed by atoms with Gasteiger partial charge in [0.15, 0.2) is 0 Å². The molecular weight excluding hydrogens is 270 g/mol. The minimum Gasteiger partial charge on any atom is -0.338 e. The second-order valence-electron chi connectivity index (χ2n) is 5.00. The molecule has 0 spiro atoms. The molecule has 0 saturated carbocycles. The monoisotopic (exact) mass is 289 g/mol. The van der Waals surface area contributed by atoms with Crippen LogP contribution in [-0.2, 0) is 6.54 Å². The summed E-state index contributed by atoms with van der Waals surface area (Å²) in [6.07, 6.45) is 3.01. The molecule has 0 bridgehead atoms. The summed E-state index contributed by atoms with van der Waals surface area (Å²) in [5.41, 5.74) is 0.792. The lowest BCUT2D eigenvalue weighted by molar-refractivity contribution is 0.0756. The van der Waals surface area contributed by atoms with Crippen LogP contribution in [0.3, 0.4) is 0 Å². The number of aromatic nitrogens is 1. The summed E-state index contributed by atoms with van der Waals surface area (Å²) >= 11 is 1.72. The topological polar surface area (TPSA) is 37.3 Å². The van der Waals surface area contributed by atoms with Gasteiger partial charge in [0.25, 0.3) is 5.91 Å². The zero-order valence-corrected chi connectivity index (χ0v) is 12.2. The van der Waals surface area contributed by atoms with E-state index in [4.69, 9.17) is 0 Å². The maximum absolute atomic E-state index is 12.6. The number of amides is 1. The van der Waals surface area contributed by atoms with Crippen LogP contribution in [0.15, 0.2) is 35.8 Å². The van der Waals surface area contributed by atoms with Gasteiger partial charge in [0.05, 0.1) is 6.54 Å². The number of carbonyl (C=O) groups is 1. The number of hydrogen-bond acceptors (Lipinski definition) is 3. The van der Waals surface area contributed by atoms with Crippen molar-refractivity contribution in [3.63, 3.8) is 0 Å². The van der Waals surface area contributed by atoms with Crippen LogP contribution in [0.25, 0.3) is 0 Å². The fraction of sp³-hybridized carbons (Fsp3) is 0.400. The fourth-order valence-corrected chi connectivity index (χ4v) is 3.23. The van der Waals surface area contributed by atoms with Crippen molar-refractivity contribution in [2.75, 3.05) is 26.2 Å². The van der Waals surface area contributed by atoms with Crippen LogP contribution in [-0.4, -0.2) is 41.6 Å². The zero-order valence-electron chi connectivity index (χ0n) is 11.4. The molecule has 0 atom stereocenters. The van der Waals surface area contributed by atoms with Gasteiger partial charge >= 0.3 is 0 Å². The van der Waals surface area contributed by atoms with E-state index in [0.29, 0.717) is 0 Å². The van der Waals surface area contributed by atoms with Gasteiger partial charge in [0.2, 0.25) is 0 Å². The van der Waals surface area contributed by atoms with E-state index in [0.717, 1.165) is 44.8 Å². The predicted octanol–water partition coefficient (Wildman–Crippen LogP) is 2.03. The number of carbonyl (C=O) groups excluding carboxylic acids is 1. The first kappa shape index (κ1) is 13.4. The molecule has 5 heteroatoms. The molecular formula is C15H19N3OS. The Labute approximate surface area is 123 Å². The smallest absolute Gasteiger partial charge is 0.270 e. The average Bonchev–Trinajstić information content (AvgIpc) is 3.05. The van der Waals surface area contributed by atoms with Gasteiger partial charge < -0.3 is 14.8 Å². The molecule has 1 N–H and O–H groups in total. The Kier molecular flexibility index (Phi) is 4.18. The number of rotatable bonds is 3. The van der Waals surface area contributed by atoms with Gasteiger partial charge in [0.1, 0.15) is 5.69 Å².